The first-order valence-electron chi connectivity index (χ1n) is 9.42. The summed E-state index contributed by atoms with van der Waals surface area (Å²) in [6, 6.07) is 13.7. The monoisotopic (exact) mass is 421 g/mol. The van der Waals surface area contributed by atoms with Crippen LogP contribution in [-0.4, -0.2) is 55.8 Å². The maximum Gasteiger partial charge on any atom is 0.267 e. The van der Waals surface area contributed by atoms with Gasteiger partial charge in [0.05, 0.1) is 13.7 Å². The molecule has 31 heavy (non-hydrogen) atoms. The molecule has 0 unspecified atom stereocenters. The maximum absolute atomic E-state index is 12.0. The van der Waals surface area contributed by atoms with Crippen molar-refractivity contribution in [2.45, 2.75) is 6.54 Å². The molecule has 4 rings (SSSR count). The fraction of sp³-hybridized carbons (Fsp3) is 0.200. The van der Waals surface area contributed by atoms with E-state index in [9.17, 15) is 9.59 Å². The molecule has 0 aliphatic rings. The molecule has 3 heterocycles. The zero-order valence-electron chi connectivity index (χ0n) is 16.6. The van der Waals surface area contributed by atoms with Crippen LogP contribution in [0.15, 0.2) is 59.5 Å². The number of hydrogen-bond acceptors (Lipinski definition) is 8. The van der Waals surface area contributed by atoms with E-state index < -0.39 is 0 Å². The van der Waals surface area contributed by atoms with Gasteiger partial charge in [0.2, 0.25) is 11.8 Å². The van der Waals surface area contributed by atoms with Crippen LogP contribution >= 0.6 is 0 Å². The SMILES string of the molecule is COc1cccc(-c2nnc3ccc(OCCNC(=O)Cn4ncccc4=O)nn23)c1. The van der Waals surface area contributed by atoms with Gasteiger partial charge in [-0.25, -0.2) is 4.68 Å². The van der Waals surface area contributed by atoms with Crippen molar-refractivity contribution in [2.75, 3.05) is 20.3 Å². The van der Waals surface area contributed by atoms with Crippen LogP contribution in [0.3, 0.4) is 0 Å². The lowest BCUT2D eigenvalue weighted by Gasteiger charge is -2.08. The van der Waals surface area contributed by atoms with Gasteiger partial charge in [-0.2, -0.15) is 9.61 Å². The maximum atomic E-state index is 12.0. The summed E-state index contributed by atoms with van der Waals surface area (Å²) in [7, 11) is 1.60. The molecule has 1 aromatic carbocycles. The lowest BCUT2D eigenvalue weighted by molar-refractivity contribution is -0.122. The quantitative estimate of drug-likeness (QED) is 0.409. The Morgan fingerprint density at radius 2 is 2.03 bits per heavy atom. The Morgan fingerprint density at radius 3 is 2.87 bits per heavy atom. The number of carbonyl (C=O) groups excluding carboxylic acids is 1. The van der Waals surface area contributed by atoms with Gasteiger partial charge < -0.3 is 14.8 Å². The second-order valence-electron chi connectivity index (χ2n) is 6.42. The summed E-state index contributed by atoms with van der Waals surface area (Å²) >= 11 is 0. The van der Waals surface area contributed by atoms with Crippen molar-refractivity contribution in [1.82, 2.24) is 34.9 Å². The fourth-order valence-electron chi connectivity index (χ4n) is 2.84. The van der Waals surface area contributed by atoms with Gasteiger partial charge in [0.25, 0.3) is 5.56 Å². The Labute approximate surface area is 176 Å². The Bertz CT molecular complexity index is 1270. The minimum absolute atomic E-state index is 0.158. The summed E-state index contributed by atoms with van der Waals surface area (Å²) in [5.41, 5.74) is 1.03. The van der Waals surface area contributed by atoms with Crippen molar-refractivity contribution < 1.29 is 14.3 Å². The number of nitrogens with one attached hydrogen (secondary N) is 1. The number of rotatable bonds is 8. The highest BCUT2D eigenvalue weighted by atomic mass is 16.5. The number of ether oxygens (including phenoxy) is 2. The lowest BCUT2D eigenvalue weighted by atomic mass is 10.2. The van der Waals surface area contributed by atoms with Gasteiger partial charge in [-0.3, -0.25) is 9.59 Å². The van der Waals surface area contributed by atoms with Crippen LogP contribution in [-0.2, 0) is 11.3 Å². The second kappa shape index (κ2) is 9.03. The molecule has 4 aromatic rings. The topological polar surface area (TPSA) is 126 Å². The van der Waals surface area contributed by atoms with Gasteiger partial charge in [0, 0.05) is 23.9 Å². The van der Waals surface area contributed by atoms with Gasteiger partial charge in [-0.1, -0.05) is 12.1 Å². The molecule has 0 fully saturated rings. The number of fused-ring (bicyclic) bond motifs is 1. The van der Waals surface area contributed by atoms with Crippen molar-refractivity contribution in [1.29, 1.82) is 0 Å². The van der Waals surface area contributed by atoms with E-state index in [1.54, 1.807) is 23.8 Å². The highest BCUT2D eigenvalue weighted by molar-refractivity contribution is 5.75. The van der Waals surface area contributed by atoms with Crippen LogP contribution < -0.4 is 20.3 Å². The Kier molecular flexibility index (Phi) is 5.83. The predicted molar refractivity (Wildman–Crippen MR) is 110 cm³/mol. The molecule has 0 spiro atoms. The second-order valence-corrected chi connectivity index (χ2v) is 6.42. The molecule has 11 heteroatoms. The van der Waals surface area contributed by atoms with Crippen molar-refractivity contribution in [3.05, 3.63) is 65.1 Å². The number of methoxy groups -OCH3 is 1. The first-order valence-corrected chi connectivity index (χ1v) is 9.42. The third-order valence-corrected chi connectivity index (χ3v) is 4.32. The van der Waals surface area contributed by atoms with Crippen LogP contribution in [0, 0.1) is 0 Å². The molecule has 0 aliphatic heterocycles. The smallest absolute Gasteiger partial charge is 0.267 e. The van der Waals surface area contributed by atoms with Crippen LogP contribution in [0.25, 0.3) is 17.0 Å². The van der Waals surface area contributed by atoms with Crippen LogP contribution in [0.1, 0.15) is 0 Å². The van der Waals surface area contributed by atoms with Crippen molar-refractivity contribution in [3.8, 4) is 23.0 Å². The van der Waals surface area contributed by atoms with Crippen LogP contribution in [0.2, 0.25) is 0 Å². The van der Waals surface area contributed by atoms with E-state index in [0.29, 0.717) is 23.1 Å². The van der Waals surface area contributed by atoms with Gasteiger partial charge in [-0.15, -0.1) is 15.3 Å². The highest BCUT2D eigenvalue weighted by Crippen LogP contribution is 2.23. The summed E-state index contributed by atoms with van der Waals surface area (Å²) in [6.07, 6.45) is 1.45. The molecule has 1 amide bonds. The number of benzene rings is 1. The molecule has 0 bridgehead atoms. The van der Waals surface area contributed by atoms with Gasteiger partial charge >= 0.3 is 0 Å². The van der Waals surface area contributed by atoms with E-state index in [4.69, 9.17) is 9.47 Å². The molecular formula is C20H19N7O4. The number of amides is 1. The number of aromatic nitrogens is 6. The number of hydrogen-bond donors (Lipinski definition) is 1. The largest absolute Gasteiger partial charge is 0.497 e. The van der Waals surface area contributed by atoms with E-state index in [1.807, 2.05) is 24.3 Å². The summed E-state index contributed by atoms with van der Waals surface area (Å²) in [4.78, 5) is 23.5. The van der Waals surface area contributed by atoms with Gasteiger partial charge in [0.15, 0.2) is 11.5 Å². The number of carbonyl (C=O) groups is 1. The van der Waals surface area contributed by atoms with E-state index in [2.05, 4.69) is 25.7 Å². The summed E-state index contributed by atoms with van der Waals surface area (Å²) < 4.78 is 13.6. The molecule has 11 nitrogen and oxygen atoms in total. The zero-order chi connectivity index (χ0) is 21.6. The fourth-order valence-corrected chi connectivity index (χ4v) is 2.84. The van der Waals surface area contributed by atoms with Crippen LogP contribution in [0.5, 0.6) is 11.6 Å². The van der Waals surface area contributed by atoms with Crippen LogP contribution in [0.4, 0.5) is 0 Å². The van der Waals surface area contributed by atoms with E-state index >= 15 is 0 Å². The van der Waals surface area contributed by atoms with Crippen molar-refractivity contribution in [3.63, 3.8) is 0 Å². The standard InChI is InChI=1S/C20H19N7O4/c1-30-15-5-2-4-14(12-15)20-24-23-16-7-8-18(25-27(16)20)31-11-10-21-17(28)13-26-19(29)6-3-9-22-26/h2-9,12H,10-11,13H2,1H3,(H,21,28). The molecule has 0 saturated heterocycles. The summed E-state index contributed by atoms with van der Waals surface area (Å²) in [5, 5.41) is 19.3. The minimum atomic E-state index is -0.341. The third kappa shape index (κ3) is 4.66. The van der Waals surface area contributed by atoms with E-state index in [1.165, 1.54) is 18.3 Å². The Morgan fingerprint density at radius 1 is 1.13 bits per heavy atom. The molecule has 0 radical (unpaired) electrons. The van der Waals surface area contributed by atoms with Gasteiger partial charge in [0.1, 0.15) is 18.9 Å². The third-order valence-electron chi connectivity index (χ3n) is 4.32. The van der Waals surface area contributed by atoms with Gasteiger partial charge in [-0.05, 0) is 24.3 Å². The van der Waals surface area contributed by atoms with Crippen molar-refractivity contribution >= 4 is 11.6 Å². The average molecular weight is 421 g/mol. The first kappa shape index (κ1) is 20.0. The predicted octanol–water partition coefficient (Wildman–Crippen LogP) is 0.552. The summed E-state index contributed by atoms with van der Waals surface area (Å²) in [5.74, 6) is 1.26. The lowest BCUT2D eigenvalue weighted by Crippen LogP contribution is -2.35. The Balaban J connectivity index is 1.37. The summed E-state index contributed by atoms with van der Waals surface area (Å²) in [6.45, 7) is 0.275. The van der Waals surface area contributed by atoms with E-state index in [-0.39, 0.29) is 31.2 Å². The molecule has 0 atom stereocenters. The highest BCUT2D eigenvalue weighted by Gasteiger charge is 2.11. The zero-order valence-corrected chi connectivity index (χ0v) is 16.6. The molecular weight excluding hydrogens is 402 g/mol. The van der Waals surface area contributed by atoms with Crippen molar-refractivity contribution in [2.24, 2.45) is 0 Å². The normalized spacial score (nSPS) is 10.7. The minimum Gasteiger partial charge on any atom is -0.497 e. The molecule has 0 aliphatic carbocycles. The molecule has 1 N–H and O–H groups in total. The first-order chi connectivity index (χ1) is 15.1. The molecule has 158 valence electrons. The average Bonchev–Trinajstić information content (AvgIpc) is 3.22. The van der Waals surface area contributed by atoms with E-state index in [0.717, 1.165) is 10.2 Å². The molecule has 3 aromatic heterocycles. The number of nitrogens with zero attached hydrogens (tertiary/aromatic N) is 6. The molecule has 0 saturated carbocycles. The Hall–Kier alpha value is -4.28.